The van der Waals surface area contributed by atoms with E-state index in [1.54, 1.807) is 6.07 Å². The fraction of sp³-hybridized carbons (Fsp3) is 0.600. The molecule has 3 nitrogen and oxygen atoms in total. The van der Waals surface area contributed by atoms with E-state index >= 15 is 0 Å². The number of ketones is 1. The Balaban J connectivity index is 1.85. The molecule has 2 fully saturated rings. The zero-order chi connectivity index (χ0) is 15.0. The molecular weight excluding hydrogens is 329 g/mol. The number of halogens is 2. The minimum atomic E-state index is -0.0763. The first-order chi connectivity index (χ1) is 10.1. The van der Waals surface area contributed by atoms with Gasteiger partial charge < -0.3 is 4.90 Å². The minimum absolute atomic E-state index is 0.0159. The van der Waals surface area contributed by atoms with Crippen molar-refractivity contribution in [3.8, 4) is 0 Å². The molecule has 1 aromatic rings. The van der Waals surface area contributed by atoms with Crippen molar-refractivity contribution in [1.29, 1.82) is 0 Å². The number of piperidine rings is 1. The van der Waals surface area contributed by atoms with E-state index in [0.717, 1.165) is 32.1 Å². The maximum absolute atomic E-state index is 12.8. The molecule has 1 aromatic heterocycles. The van der Waals surface area contributed by atoms with Gasteiger partial charge in [-0.15, -0.1) is 11.3 Å². The Labute approximate surface area is 138 Å². The predicted octanol–water partition coefficient (Wildman–Crippen LogP) is 4.42. The van der Waals surface area contributed by atoms with E-state index in [9.17, 15) is 9.59 Å². The molecule has 1 saturated carbocycles. The van der Waals surface area contributed by atoms with Gasteiger partial charge in [-0.2, -0.15) is 0 Å². The lowest BCUT2D eigenvalue weighted by Gasteiger charge is -2.38. The average Bonchev–Trinajstić information content (AvgIpc) is 3.03. The van der Waals surface area contributed by atoms with Gasteiger partial charge in [0.1, 0.15) is 10.1 Å². The van der Waals surface area contributed by atoms with Gasteiger partial charge in [0.15, 0.2) is 0 Å². The second-order valence-electron chi connectivity index (χ2n) is 5.76. The van der Waals surface area contributed by atoms with E-state index < -0.39 is 0 Å². The summed E-state index contributed by atoms with van der Waals surface area (Å²) in [6, 6.07) is 1.68. The molecular formula is C15H17Cl2NO2S. The quantitative estimate of drug-likeness (QED) is 0.795. The Morgan fingerprint density at radius 2 is 2.05 bits per heavy atom. The fourth-order valence-electron chi connectivity index (χ4n) is 3.52. The summed E-state index contributed by atoms with van der Waals surface area (Å²) in [5.74, 6) is 0.254. The number of amides is 1. The summed E-state index contributed by atoms with van der Waals surface area (Å²) in [6.45, 7) is 0.705. The summed E-state index contributed by atoms with van der Waals surface area (Å²) in [7, 11) is 0. The van der Waals surface area contributed by atoms with Crippen LogP contribution < -0.4 is 0 Å². The predicted molar refractivity (Wildman–Crippen MR) is 85.4 cm³/mol. The minimum Gasteiger partial charge on any atom is -0.335 e. The summed E-state index contributed by atoms with van der Waals surface area (Å²) < 4.78 is 0.959. The molecule has 2 atom stereocenters. The van der Waals surface area contributed by atoms with Crippen LogP contribution in [0.15, 0.2) is 6.07 Å². The van der Waals surface area contributed by atoms with Crippen LogP contribution in [0.25, 0.3) is 0 Å². The molecule has 1 aliphatic heterocycles. The van der Waals surface area contributed by atoms with Crippen LogP contribution in [0.2, 0.25) is 8.67 Å². The van der Waals surface area contributed by atoms with Crippen LogP contribution in [0.3, 0.4) is 0 Å². The summed E-state index contributed by atoms with van der Waals surface area (Å²) >= 11 is 13.3. The van der Waals surface area contributed by atoms with Gasteiger partial charge in [-0.1, -0.05) is 23.2 Å². The van der Waals surface area contributed by atoms with Crippen molar-refractivity contribution >= 4 is 46.2 Å². The molecule has 2 aliphatic rings. The van der Waals surface area contributed by atoms with Gasteiger partial charge in [-0.05, 0) is 38.2 Å². The Kier molecular flexibility index (Phi) is 4.57. The van der Waals surface area contributed by atoms with E-state index in [1.165, 1.54) is 11.3 Å². The number of carbonyl (C=O) groups excluding carboxylic acids is 2. The Morgan fingerprint density at radius 3 is 2.67 bits per heavy atom. The highest BCUT2D eigenvalue weighted by Gasteiger charge is 2.39. The van der Waals surface area contributed by atoms with Crippen LogP contribution in [0, 0.1) is 5.92 Å². The highest BCUT2D eigenvalue weighted by molar-refractivity contribution is 7.20. The lowest BCUT2D eigenvalue weighted by atomic mass is 9.88. The van der Waals surface area contributed by atoms with Crippen LogP contribution in [0.1, 0.15) is 48.9 Å². The van der Waals surface area contributed by atoms with Crippen LogP contribution in [-0.2, 0) is 4.79 Å². The topological polar surface area (TPSA) is 37.4 Å². The van der Waals surface area contributed by atoms with Crippen molar-refractivity contribution in [2.45, 2.75) is 44.6 Å². The second-order valence-corrected chi connectivity index (χ2v) is 8.05. The normalized spacial score (nSPS) is 26.4. The van der Waals surface area contributed by atoms with Gasteiger partial charge in [0.2, 0.25) is 0 Å². The van der Waals surface area contributed by atoms with Gasteiger partial charge >= 0.3 is 0 Å². The van der Waals surface area contributed by atoms with E-state index in [0.29, 0.717) is 33.0 Å². The number of likely N-dealkylation sites (tertiary alicyclic amines) is 1. The maximum Gasteiger partial charge on any atom is 0.256 e. The third-order valence-electron chi connectivity index (χ3n) is 4.51. The molecule has 21 heavy (non-hydrogen) atoms. The Morgan fingerprint density at radius 1 is 1.24 bits per heavy atom. The lowest BCUT2D eigenvalue weighted by molar-refractivity contribution is -0.122. The van der Waals surface area contributed by atoms with E-state index in [1.807, 2.05) is 4.90 Å². The smallest absolute Gasteiger partial charge is 0.256 e. The standard InChI is InChI=1S/C15H17Cl2NO2S/c16-13-8-10(14(17)21-13)15(20)18-7-2-1-5-11(18)9-4-3-6-12(9)19/h8-9,11H,1-7H2. The number of thiophene rings is 1. The lowest BCUT2D eigenvalue weighted by Crippen LogP contribution is -2.48. The summed E-state index contributed by atoms with van der Waals surface area (Å²) in [5, 5.41) is 0. The number of nitrogens with zero attached hydrogens (tertiary/aromatic N) is 1. The molecule has 1 saturated heterocycles. The van der Waals surface area contributed by atoms with Gasteiger partial charge in [-0.25, -0.2) is 0 Å². The molecule has 114 valence electrons. The molecule has 0 aromatic carbocycles. The van der Waals surface area contributed by atoms with Crippen LogP contribution >= 0.6 is 34.5 Å². The average molecular weight is 346 g/mol. The van der Waals surface area contributed by atoms with Crippen molar-refractivity contribution in [2.24, 2.45) is 5.92 Å². The first-order valence-electron chi connectivity index (χ1n) is 7.36. The molecule has 1 amide bonds. The number of hydrogen-bond donors (Lipinski definition) is 0. The number of Topliss-reactive ketones (excluding diaryl/α,β-unsaturated/α-hetero) is 1. The van der Waals surface area contributed by atoms with E-state index in [4.69, 9.17) is 23.2 Å². The van der Waals surface area contributed by atoms with E-state index in [-0.39, 0.29) is 17.9 Å². The zero-order valence-corrected chi connectivity index (χ0v) is 13.9. The van der Waals surface area contributed by atoms with Crippen LogP contribution in [-0.4, -0.2) is 29.2 Å². The third-order valence-corrected chi connectivity index (χ3v) is 6.00. The number of hydrogen-bond acceptors (Lipinski definition) is 3. The first kappa shape index (κ1) is 15.3. The van der Waals surface area contributed by atoms with Crippen molar-refractivity contribution in [3.63, 3.8) is 0 Å². The Bertz CT molecular complexity index is 572. The van der Waals surface area contributed by atoms with Crippen molar-refractivity contribution in [2.75, 3.05) is 6.54 Å². The van der Waals surface area contributed by atoms with E-state index in [2.05, 4.69) is 0 Å². The zero-order valence-electron chi connectivity index (χ0n) is 11.6. The van der Waals surface area contributed by atoms with Crippen molar-refractivity contribution in [3.05, 3.63) is 20.3 Å². The molecule has 3 rings (SSSR count). The van der Waals surface area contributed by atoms with Gasteiger partial charge in [-0.3, -0.25) is 9.59 Å². The largest absolute Gasteiger partial charge is 0.335 e. The first-order valence-corrected chi connectivity index (χ1v) is 8.93. The summed E-state index contributed by atoms with van der Waals surface area (Å²) in [5.41, 5.74) is 0.476. The molecule has 0 radical (unpaired) electrons. The Hall–Kier alpha value is -0.580. The number of carbonyl (C=O) groups is 2. The third kappa shape index (κ3) is 2.99. The molecule has 0 bridgehead atoms. The fourth-order valence-corrected chi connectivity index (χ4v) is 4.97. The molecule has 0 N–H and O–H groups in total. The molecule has 0 spiro atoms. The molecule has 1 aliphatic carbocycles. The van der Waals surface area contributed by atoms with Crippen molar-refractivity contribution < 1.29 is 9.59 Å². The molecule has 2 unspecified atom stereocenters. The van der Waals surface area contributed by atoms with Crippen molar-refractivity contribution in [1.82, 2.24) is 4.90 Å². The summed E-state index contributed by atoms with van der Waals surface area (Å²) in [4.78, 5) is 26.7. The van der Waals surface area contributed by atoms with Crippen LogP contribution in [0.5, 0.6) is 0 Å². The monoisotopic (exact) mass is 345 g/mol. The second kappa shape index (κ2) is 6.27. The van der Waals surface area contributed by atoms with Gasteiger partial charge in [0.05, 0.1) is 9.90 Å². The number of rotatable bonds is 2. The van der Waals surface area contributed by atoms with Gasteiger partial charge in [0.25, 0.3) is 5.91 Å². The molecule has 2 heterocycles. The summed E-state index contributed by atoms with van der Waals surface area (Å²) in [6.07, 6.45) is 5.50. The SMILES string of the molecule is O=C1CCCC1C1CCCCN1C(=O)c1cc(Cl)sc1Cl. The van der Waals surface area contributed by atoms with Gasteiger partial charge in [0, 0.05) is 24.9 Å². The molecule has 6 heteroatoms. The maximum atomic E-state index is 12.8. The highest BCUT2D eigenvalue weighted by Crippen LogP contribution is 2.36. The van der Waals surface area contributed by atoms with Crippen LogP contribution in [0.4, 0.5) is 0 Å². The highest BCUT2D eigenvalue weighted by atomic mass is 35.5.